The third-order valence-electron chi connectivity index (χ3n) is 2.44. The number of nitrogens with two attached hydrogens (primary N) is 1. The fourth-order valence-corrected chi connectivity index (χ4v) is 3.05. The molecule has 1 atom stereocenters. The molecule has 1 aromatic heterocycles. The zero-order chi connectivity index (χ0) is 13.8. The Hall–Kier alpha value is -1.65. The largest absolute Gasteiger partial charge is 0.396 e. The van der Waals surface area contributed by atoms with Gasteiger partial charge in [-0.2, -0.15) is 9.57 Å². The van der Waals surface area contributed by atoms with Gasteiger partial charge in [0.2, 0.25) is 0 Å². The van der Waals surface area contributed by atoms with E-state index in [-0.39, 0.29) is 29.7 Å². The average Bonchev–Trinajstić information content (AvgIpc) is 2.35. The normalized spacial score (nSPS) is 13.2. The summed E-state index contributed by atoms with van der Waals surface area (Å²) in [6, 6.07) is 5.07. The standard InChI is InChI=1S/C11H16N4O2S/c1-3-15(8-9(2)7-12)18(16,17)11-10(13)5-4-6-14-11/h4-6,9H,3,8,13H2,1-2H3. The van der Waals surface area contributed by atoms with Crippen molar-refractivity contribution in [3.63, 3.8) is 0 Å². The lowest BCUT2D eigenvalue weighted by Gasteiger charge is -2.21. The van der Waals surface area contributed by atoms with Crippen LogP contribution in [0.3, 0.4) is 0 Å². The van der Waals surface area contributed by atoms with Crippen molar-refractivity contribution >= 4 is 15.7 Å². The lowest BCUT2D eigenvalue weighted by atomic mass is 10.2. The summed E-state index contributed by atoms with van der Waals surface area (Å²) in [7, 11) is -3.74. The van der Waals surface area contributed by atoms with Crippen LogP contribution in [0.4, 0.5) is 5.69 Å². The van der Waals surface area contributed by atoms with Gasteiger partial charge in [0, 0.05) is 19.3 Å². The summed E-state index contributed by atoms with van der Waals surface area (Å²) in [5.41, 5.74) is 5.74. The first-order valence-corrected chi connectivity index (χ1v) is 6.97. The molecule has 2 N–H and O–H groups in total. The first kappa shape index (κ1) is 14.4. The van der Waals surface area contributed by atoms with Gasteiger partial charge in [0.05, 0.1) is 17.7 Å². The molecule has 0 aliphatic carbocycles. The highest BCUT2D eigenvalue weighted by atomic mass is 32.2. The second-order valence-electron chi connectivity index (χ2n) is 3.88. The number of pyridine rings is 1. The molecule has 0 aliphatic rings. The molecule has 1 unspecified atom stereocenters. The first-order valence-electron chi connectivity index (χ1n) is 5.53. The maximum atomic E-state index is 12.3. The number of hydrogen-bond acceptors (Lipinski definition) is 5. The van der Waals surface area contributed by atoms with Crippen LogP contribution in [0.2, 0.25) is 0 Å². The molecule has 0 aliphatic heterocycles. The van der Waals surface area contributed by atoms with Crippen molar-refractivity contribution < 1.29 is 8.42 Å². The number of nitriles is 1. The average molecular weight is 268 g/mol. The van der Waals surface area contributed by atoms with Crippen LogP contribution in [0.25, 0.3) is 0 Å². The predicted molar refractivity (Wildman–Crippen MR) is 67.9 cm³/mol. The Morgan fingerprint density at radius 2 is 2.28 bits per heavy atom. The molecule has 7 heteroatoms. The van der Waals surface area contributed by atoms with Crippen LogP contribution >= 0.6 is 0 Å². The van der Waals surface area contributed by atoms with Crippen LogP contribution in [-0.2, 0) is 10.0 Å². The van der Waals surface area contributed by atoms with E-state index >= 15 is 0 Å². The van der Waals surface area contributed by atoms with E-state index in [0.717, 1.165) is 0 Å². The Bertz CT molecular complexity index is 550. The third kappa shape index (κ3) is 2.97. The van der Waals surface area contributed by atoms with E-state index in [1.54, 1.807) is 19.9 Å². The van der Waals surface area contributed by atoms with Gasteiger partial charge in [0.25, 0.3) is 10.0 Å². The molecule has 6 nitrogen and oxygen atoms in total. The van der Waals surface area contributed by atoms with Crippen molar-refractivity contribution in [3.05, 3.63) is 18.3 Å². The van der Waals surface area contributed by atoms with Gasteiger partial charge in [-0.25, -0.2) is 13.4 Å². The molecule has 1 aromatic rings. The van der Waals surface area contributed by atoms with Crippen LogP contribution in [0.15, 0.2) is 23.4 Å². The van der Waals surface area contributed by atoms with Crippen LogP contribution in [0.1, 0.15) is 13.8 Å². The number of sulfonamides is 1. The van der Waals surface area contributed by atoms with Crippen molar-refractivity contribution in [2.75, 3.05) is 18.8 Å². The molecule has 1 rings (SSSR count). The van der Waals surface area contributed by atoms with Gasteiger partial charge < -0.3 is 5.73 Å². The number of aromatic nitrogens is 1. The van der Waals surface area contributed by atoms with Crippen molar-refractivity contribution in [2.45, 2.75) is 18.9 Å². The van der Waals surface area contributed by atoms with Gasteiger partial charge in [-0.05, 0) is 19.1 Å². The van der Waals surface area contributed by atoms with Crippen LogP contribution in [0, 0.1) is 17.2 Å². The highest BCUT2D eigenvalue weighted by Gasteiger charge is 2.27. The molecule has 0 aromatic carbocycles. The Morgan fingerprint density at radius 3 is 2.78 bits per heavy atom. The Balaban J connectivity index is 3.13. The van der Waals surface area contributed by atoms with Gasteiger partial charge >= 0.3 is 0 Å². The maximum Gasteiger partial charge on any atom is 0.262 e. The minimum atomic E-state index is -3.74. The summed E-state index contributed by atoms with van der Waals surface area (Å²) >= 11 is 0. The van der Waals surface area contributed by atoms with E-state index in [1.165, 1.54) is 16.6 Å². The molecule has 18 heavy (non-hydrogen) atoms. The molecule has 0 bridgehead atoms. The topological polar surface area (TPSA) is 100 Å². The van der Waals surface area contributed by atoms with Gasteiger partial charge in [-0.15, -0.1) is 0 Å². The van der Waals surface area contributed by atoms with Crippen LogP contribution < -0.4 is 5.73 Å². The molecule has 0 radical (unpaired) electrons. The summed E-state index contributed by atoms with van der Waals surface area (Å²) in [6.45, 7) is 3.77. The molecule has 0 saturated carbocycles. The Kier molecular flexibility index (Phi) is 4.64. The van der Waals surface area contributed by atoms with Crippen molar-refractivity contribution in [3.8, 4) is 6.07 Å². The fraction of sp³-hybridized carbons (Fsp3) is 0.455. The SMILES string of the molecule is CCN(CC(C)C#N)S(=O)(=O)c1ncccc1N. The maximum absolute atomic E-state index is 12.3. The lowest BCUT2D eigenvalue weighted by molar-refractivity contribution is 0.398. The van der Waals surface area contributed by atoms with E-state index in [0.29, 0.717) is 0 Å². The number of anilines is 1. The summed E-state index contributed by atoms with van der Waals surface area (Å²) < 4.78 is 25.8. The zero-order valence-electron chi connectivity index (χ0n) is 10.4. The highest BCUT2D eigenvalue weighted by Crippen LogP contribution is 2.19. The van der Waals surface area contributed by atoms with E-state index in [2.05, 4.69) is 4.98 Å². The predicted octanol–water partition coefficient (Wildman–Crippen LogP) is 0.834. The molecule has 0 fully saturated rings. The summed E-state index contributed by atoms with van der Waals surface area (Å²) in [6.07, 6.45) is 1.38. The fourth-order valence-electron chi connectivity index (χ4n) is 1.48. The van der Waals surface area contributed by atoms with Crippen molar-refractivity contribution in [1.29, 1.82) is 5.26 Å². The quantitative estimate of drug-likeness (QED) is 0.852. The third-order valence-corrected chi connectivity index (χ3v) is 4.35. The number of nitrogen functional groups attached to an aromatic ring is 1. The van der Waals surface area contributed by atoms with Gasteiger partial charge in [-0.3, -0.25) is 0 Å². The molecule has 0 amide bonds. The molecule has 1 heterocycles. The van der Waals surface area contributed by atoms with Crippen LogP contribution in [0.5, 0.6) is 0 Å². The molecular weight excluding hydrogens is 252 g/mol. The van der Waals surface area contributed by atoms with E-state index in [1.807, 2.05) is 6.07 Å². The molecular formula is C11H16N4O2S. The highest BCUT2D eigenvalue weighted by molar-refractivity contribution is 7.89. The minimum Gasteiger partial charge on any atom is -0.396 e. The number of rotatable bonds is 5. The van der Waals surface area contributed by atoms with Crippen LogP contribution in [-0.4, -0.2) is 30.8 Å². The zero-order valence-corrected chi connectivity index (χ0v) is 11.2. The summed E-state index contributed by atoms with van der Waals surface area (Å²) in [5.74, 6) is -0.385. The monoisotopic (exact) mass is 268 g/mol. The summed E-state index contributed by atoms with van der Waals surface area (Å²) in [4.78, 5) is 3.81. The first-order chi connectivity index (χ1) is 8.43. The second kappa shape index (κ2) is 5.80. The lowest BCUT2D eigenvalue weighted by Crippen LogP contribution is -2.35. The minimum absolute atomic E-state index is 0.112. The van der Waals surface area contributed by atoms with E-state index in [9.17, 15) is 8.42 Å². The molecule has 98 valence electrons. The number of hydrogen-bond donors (Lipinski definition) is 1. The number of nitrogens with zero attached hydrogens (tertiary/aromatic N) is 3. The summed E-state index contributed by atoms with van der Waals surface area (Å²) in [5, 5.41) is 8.60. The van der Waals surface area contributed by atoms with E-state index < -0.39 is 10.0 Å². The molecule has 0 saturated heterocycles. The van der Waals surface area contributed by atoms with Gasteiger partial charge in [0.1, 0.15) is 0 Å². The second-order valence-corrected chi connectivity index (χ2v) is 5.74. The Morgan fingerprint density at radius 1 is 1.61 bits per heavy atom. The Labute approximate surface area is 107 Å². The van der Waals surface area contributed by atoms with E-state index in [4.69, 9.17) is 11.0 Å². The van der Waals surface area contributed by atoms with Crippen molar-refractivity contribution in [2.24, 2.45) is 5.92 Å². The smallest absolute Gasteiger partial charge is 0.262 e. The molecule has 0 spiro atoms. The van der Waals surface area contributed by atoms with Crippen molar-refractivity contribution in [1.82, 2.24) is 9.29 Å². The van der Waals surface area contributed by atoms with Gasteiger partial charge in [-0.1, -0.05) is 6.92 Å². The van der Waals surface area contributed by atoms with Gasteiger partial charge in [0.15, 0.2) is 5.03 Å².